The van der Waals surface area contributed by atoms with Crippen molar-refractivity contribution in [2.24, 2.45) is 0 Å². The molecule has 1 fully saturated rings. The molecule has 0 aliphatic carbocycles. The summed E-state index contributed by atoms with van der Waals surface area (Å²) in [5.74, 6) is -1.24. The molecule has 1 saturated heterocycles. The lowest BCUT2D eigenvalue weighted by Gasteiger charge is -2.30. The highest BCUT2D eigenvalue weighted by atomic mass is 35.5. The van der Waals surface area contributed by atoms with Gasteiger partial charge in [0.2, 0.25) is 0 Å². The monoisotopic (exact) mass is 286 g/mol. The number of non-ortho nitro benzene ring substituents is 1. The van der Waals surface area contributed by atoms with Gasteiger partial charge in [0.15, 0.2) is 0 Å². The smallest absolute Gasteiger partial charge is 0.338 e. The second-order valence-corrected chi connectivity index (χ2v) is 4.39. The molecule has 8 heteroatoms. The maximum Gasteiger partial charge on any atom is 0.338 e. The van der Waals surface area contributed by atoms with Crippen molar-refractivity contribution in [3.8, 4) is 0 Å². The molecule has 0 amide bonds. The second kappa shape index (κ2) is 5.41. The number of nitro benzene ring substituents is 1. The number of carbonyl (C=O) groups is 1. The molecule has 19 heavy (non-hydrogen) atoms. The SMILES string of the molecule is O=C(O)c1cc([N+](=O)[O-])cc(Cl)c1N1CCOCC1. The number of nitrogens with zero attached hydrogens (tertiary/aromatic N) is 2. The van der Waals surface area contributed by atoms with Gasteiger partial charge < -0.3 is 14.7 Å². The Morgan fingerprint density at radius 1 is 1.42 bits per heavy atom. The minimum Gasteiger partial charge on any atom is -0.478 e. The summed E-state index contributed by atoms with van der Waals surface area (Å²) < 4.78 is 5.18. The predicted molar refractivity (Wildman–Crippen MR) is 68.1 cm³/mol. The number of rotatable bonds is 3. The van der Waals surface area contributed by atoms with Gasteiger partial charge in [0, 0.05) is 25.2 Å². The van der Waals surface area contributed by atoms with Crippen molar-refractivity contribution in [3.63, 3.8) is 0 Å². The van der Waals surface area contributed by atoms with Gasteiger partial charge in [-0.15, -0.1) is 0 Å². The van der Waals surface area contributed by atoms with Crippen LogP contribution in [0.5, 0.6) is 0 Å². The molecule has 1 heterocycles. The Labute approximate surface area is 113 Å². The van der Waals surface area contributed by atoms with E-state index in [0.29, 0.717) is 32.0 Å². The molecule has 1 aromatic rings. The van der Waals surface area contributed by atoms with Gasteiger partial charge in [-0.2, -0.15) is 0 Å². The molecule has 0 saturated carbocycles. The summed E-state index contributed by atoms with van der Waals surface area (Å²) in [4.78, 5) is 23.1. The Balaban J connectivity index is 2.51. The van der Waals surface area contributed by atoms with E-state index in [1.807, 2.05) is 0 Å². The molecule has 1 aliphatic rings. The zero-order valence-electron chi connectivity index (χ0n) is 9.84. The van der Waals surface area contributed by atoms with Gasteiger partial charge in [-0.25, -0.2) is 4.79 Å². The first-order chi connectivity index (χ1) is 9.00. The van der Waals surface area contributed by atoms with Crippen molar-refractivity contribution in [2.45, 2.75) is 0 Å². The van der Waals surface area contributed by atoms with Crippen molar-refractivity contribution >= 4 is 28.9 Å². The third-order valence-electron chi connectivity index (χ3n) is 2.82. The lowest BCUT2D eigenvalue weighted by molar-refractivity contribution is -0.384. The first kappa shape index (κ1) is 13.6. The third-order valence-corrected chi connectivity index (χ3v) is 3.10. The van der Waals surface area contributed by atoms with E-state index >= 15 is 0 Å². The Bertz CT molecular complexity index is 528. The van der Waals surface area contributed by atoms with Crippen LogP contribution in [-0.2, 0) is 4.74 Å². The van der Waals surface area contributed by atoms with Gasteiger partial charge >= 0.3 is 5.97 Å². The molecule has 7 nitrogen and oxygen atoms in total. The van der Waals surface area contributed by atoms with Crippen molar-refractivity contribution in [3.05, 3.63) is 32.8 Å². The van der Waals surface area contributed by atoms with E-state index < -0.39 is 10.9 Å². The van der Waals surface area contributed by atoms with E-state index in [-0.39, 0.29) is 16.3 Å². The molecule has 0 radical (unpaired) electrons. The van der Waals surface area contributed by atoms with Crippen LogP contribution in [0.2, 0.25) is 5.02 Å². The van der Waals surface area contributed by atoms with Crippen molar-refractivity contribution in [1.29, 1.82) is 0 Å². The van der Waals surface area contributed by atoms with Gasteiger partial charge in [-0.1, -0.05) is 11.6 Å². The van der Waals surface area contributed by atoms with Crippen molar-refractivity contribution in [1.82, 2.24) is 0 Å². The number of nitro groups is 1. The van der Waals surface area contributed by atoms with E-state index in [1.165, 1.54) is 6.07 Å². The topological polar surface area (TPSA) is 92.9 Å². The molecule has 0 aromatic heterocycles. The standard InChI is InChI=1S/C11H11ClN2O5/c12-9-6-7(14(17)18)5-8(11(15)16)10(9)13-1-3-19-4-2-13/h5-6H,1-4H2,(H,15,16). The highest BCUT2D eigenvalue weighted by Crippen LogP contribution is 2.34. The Kier molecular flexibility index (Phi) is 3.87. The lowest BCUT2D eigenvalue weighted by atomic mass is 10.1. The number of ether oxygens (including phenoxy) is 1. The Hall–Kier alpha value is -1.86. The average Bonchev–Trinajstić information content (AvgIpc) is 2.38. The summed E-state index contributed by atoms with van der Waals surface area (Å²) in [6.45, 7) is 1.92. The van der Waals surface area contributed by atoms with Crippen LogP contribution in [0.4, 0.5) is 11.4 Å². The Morgan fingerprint density at radius 2 is 2.05 bits per heavy atom. The van der Waals surface area contributed by atoms with Crippen molar-refractivity contribution in [2.75, 3.05) is 31.2 Å². The normalized spacial score (nSPS) is 15.3. The fourth-order valence-electron chi connectivity index (χ4n) is 1.96. The number of anilines is 1. The zero-order chi connectivity index (χ0) is 14.0. The zero-order valence-corrected chi connectivity index (χ0v) is 10.6. The van der Waals surface area contributed by atoms with Crippen LogP contribution >= 0.6 is 11.6 Å². The minimum absolute atomic E-state index is 0.0634. The largest absolute Gasteiger partial charge is 0.478 e. The molecule has 1 N–H and O–H groups in total. The maximum absolute atomic E-state index is 11.3. The number of hydrogen-bond donors (Lipinski definition) is 1. The second-order valence-electron chi connectivity index (χ2n) is 3.99. The van der Waals surface area contributed by atoms with E-state index in [0.717, 1.165) is 6.07 Å². The maximum atomic E-state index is 11.3. The number of halogens is 1. The summed E-state index contributed by atoms with van der Waals surface area (Å²) in [7, 11) is 0. The molecule has 0 atom stereocenters. The van der Waals surface area contributed by atoms with Crippen LogP contribution in [0.25, 0.3) is 0 Å². The van der Waals surface area contributed by atoms with Crippen LogP contribution in [-0.4, -0.2) is 42.3 Å². The minimum atomic E-state index is -1.24. The van der Waals surface area contributed by atoms with Crippen LogP contribution in [0.15, 0.2) is 12.1 Å². The molecular weight excluding hydrogens is 276 g/mol. The summed E-state index contributed by atoms with van der Waals surface area (Å²) in [6.07, 6.45) is 0. The predicted octanol–water partition coefficient (Wildman–Crippen LogP) is 1.78. The van der Waals surface area contributed by atoms with Crippen LogP contribution < -0.4 is 4.90 Å². The van der Waals surface area contributed by atoms with Crippen molar-refractivity contribution < 1.29 is 19.6 Å². The van der Waals surface area contributed by atoms with Gasteiger partial charge in [0.05, 0.1) is 34.4 Å². The fraction of sp³-hybridized carbons (Fsp3) is 0.364. The third kappa shape index (κ3) is 2.77. The lowest BCUT2D eigenvalue weighted by Crippen LogP contribution is -2.37. The molecule has 1 aliphatic heterocycles. The highest BCUT2D eigenvalue weighted by Gasteiger charge is 2.25. The number of carboxylic acids is 1. The molecule has 0 unspecified atom stereocenters. The van der Waals surface area contributed by atoms with Gasteiger partial charge in [0.25, 0.3) is 5.69 Å². The number of carboxylic acid groups (broad SMARTS) is 1. The summed E-state index contributed by atoms with van der Waals surface area (Å²) in [5.41, 5.74) is -0.191. The summed E-state index contributed by atoms with van der Waals surface area (Å²) >= 11 is 6.01. The summed E-state index contributed by atoms with van der Waals surface area (Å²) in [6, 6.07) is 2.19. The fourth-order valence-corrected chi connectivity index (χ4v) is 2.29. The molecular formula is C11H11ClN2O5. The number of aromatic carboxylic acids is 1. The highest BCUT2D eigenvalue weighted by molar-refractivity contribution is 6.34. The van der Waals surface area contributed by atoms with Gasteiger partial charge in [-0.05, 0) is 0 Å². The Morgan fingerprint density at radius 3 is 2.58 bits per heavy atom. The molecule has 0 bridgehead atoms. The van der Waals surface area contributed by atoms with E-state index in [2.05, 4.69) is 0 Å². The summed E-state index contributed by atoms with van der Waals surface area (Å²) in [5, 5.41) is 20.0. The molecule has 2 rings (SSSR count). The quantitative estimate of drug-likeness (QED) is 0.672. The number of benzene rings is 1. The van der Waals surface area contributed by atoms with Gasteiger partial charge in [0.1, 0.15) is 0 Å². The molecule has 1 aromatic carbocycles. The van der Waals surface area contributed by atoms with Crippen LogP contribution in [0.1, 0.15) is 10.4 Å². The van der Waals surface area contributed by atoms with Crippen LogP contribution in [0, 0.1) is 10.1 Å². The molecule has 0 spiro atoms. The van der Waals surface area contributed by atoms with E-state index in [4.69, 9.17) is 16.3 Å². The van der Waals surface area contributed by atoms with E-state index in [1.54, 1.807) is 4.90 Å². The van der Waals surface area contributed by atoms with E-state index in [9.17, 15) is 20.0 Å². The number of hydrogen-bond acceptors (Lipinski definition) is 5. The number of morpholine rings is 1. The first-order valence-electron chi connectivity index (χ1n) is 5.54. The molecule has 102 valence electrons. The van der Waals surface area contributed by atoms with Crippen LogP contribution in [0.3, 0.4) is 0 Å². The van der Waals surface area contributed by atoms with Gasteiger partial charge in [-0.3, -0.25) is 10.1 Å². The first-order valence-corrected chi connectivity index (χ1v) is 5.92. The average molecular weight is 287 g/mol.